The van der Waals surface area contributed by atoms with Crippen LogP contribution in [0.25, 0.3) is 10.9 Å². The maximum Gasteiger partial charge on any atom is 0.251 e. The predicted molar refractivity (Wildman–Crippen MR) is 132 cm³/mol. The maximum atomic E-state index is 12.9. The van der Waals surface area contributed by atoms with Gasteiger partial charge in [-0.1, -0.05) is 48.5 Å². The second-order valence-corrected chi connectivity index (χ2v) is 8.47. The van der Waals surface area contributed by atoms with Crippen LogP contribution in [0.3, 0.4) is 0 Å². The topological polar surface area (TPSA) is 67.0 Å². The molecule has 1 unspecified atom stereocenters. The van der Waals surface area contributed by atoms with Gasteiger partial charge in [0.15, 0.2) is 0 Å². The molecule has 3 aromatic carbocycles. The number of ether oxygens (including phenoxy) is 1. The highest BCUT2D eigenvalue weighted by Gasteiger charge is 2.19. The summed E-state index contributed by atoms with van der Waals surface area (Å²) in [6, 6.07) is 25.7. The van der Waals surface area contributed by atoms with E-state index in [2.05, 4.69) is 39.6 Å². The highest BCUT2D eigenvalue weighted by Crippen LogP contribution is 2.30. The van der Waals surface area contributed by atoms with Crippen molar-refractivity contribution in [3.63, 3.8) is 0 Å². The third kappa shape index (κ3) is 4.81. The lowest BCUT2D eigenvalue weighted by Crippen LogP contribution is -2.28. The van der Waals surface area contributed by atoms with Gasteiger partial charge in [0.1, 0.15) is 12.4 Å². The molecule has 0 spiro atoms. The van der Waals surface area contributed by atoms with Crippen molar-refractivity contribution in [3.8, 4) is 5.75 Å². The number of rotatable bonds is 8. The summed E-state index contributed by atoms with van der Waals surface area (Å²) in [5, 5.41) is 6.25. The molecule has 0 aliphatic heterocycles. The Morgan fingerprint density at radius 2 is 1.79 bits per heavy atom. The average Bonchev–Trinajstić information content (AvgIpc) is 3.54. The molecule has 0 fully saturated rings. The van der Waals surface area contributed by atoms with Crippen molar-refractivity contribution in [1.82, 2.24) is 15.3 Å². The standard InChI is InChI=1S/C27H23N3O2S/c31-27(20-10-12-22(13-11-20)32-16-21-17-33-18-30-21)29-14-24(19-6-2-1-3-7-19)25-15-28-26-9-5-4-8-23(25)26/h1-13,15,17-18,24,28H,14,16H2,(H,29,31). The van der Waals surface area contributed by atoms with Crippen LogP contribution in [-0.4, -0.2) is 22.4 Å². The van der Waals surface area contributed by atoms with Crippen LogP contribution in [0.4, 0.5) is 0 Å². The lowest BCUT2D eigenvalue weighted by atomic mass is 9.91. The van der Waals surface area contributed by atoms with Crippen LogP contribution in [0.5, 0.6) is 5.75 Å². The number of nitrogens with zero attached hydrogens (tertiary/aromatic N) is 1. The van der Waals surface area contributed by atoms with Crippen LogP contribution in [0, 0.1) is 0 Å². The molecule has 0 saturated heterocycles. The van der Waals surface area contributed by atoms with E-state index in [1.165, 1.54) is 10.9 Å². The summed E-state index contributed by atoms with van der Waals surface area (Å²) >= 11 is 1.54. The minimum Gasteiger partial charge on any atom is -0.487 e. The number of thiazole rings is 1. The molecule has 5 rings (SSSR count). The van der Waals surface area contributed by atoms with Gasteiger partial charge in [0.05, 0.1) is 11.2 Å². The van der Waals surface area contributed by atoms with E-state index in [1.807, 2.05) is 54.0 Å². The normalized spacial score (nSPS) is 11.9. The molecular weight excluding hydrogens is 430 g/mol. The van der Waals surface area contributed by atoms with Gasteiger partial charge >= 0.3 is 0 Å². The monoisotopic (exact) mass is 453 g/mol. The van der Waals surface area contributed by atoms with Crippen molar-refractivity contribution < 1.29 is 9.53 Å². The zero-order valence-corrected chi connectivity index (χ0v) is 18.7. The molecule has 6 heteroatoms. The van der Waals surface area contributed by atoms with Crippen LogP contribution in [-0.2, 0) is 6.61 Å². The van der Waals surface area contributed by atoms with Gasteiger partial charge in [0.2, 0.25) is 0 Å². The van der Waals surface area contributed by atoms with E-state index in [-0.39, 0.29) is 11.8 Å². The van der Waals surface area contributed by atoms with Gasteiger partial charge in [-0.25, -0.2) is 4.98 Å². The highest BCUT2D eigenvalue weighted by atomic mass is 32.1. The van der Waals surface area contributed by atoms with Crippen molar-refractivity contribution in [1.29, 1.82) is 0 Å². The minimum absolute atomic E-state index is 0.0343. The van der Waals surface area contributed by atoms with E-state index >= 15 is 0 Å². The summed E-state index contributed by atoms with van der Waals surface area (Å²) in [5.41, 5.74) is 6.70. The summed E-state index contributed by atoms with van der Waals surface area (Å²) in [6.45, 7) is 0.908. The number of aromatic amines is 1. The zero-order chi connectivity index (χ0) is 22.5. The molecule has 2 heterocycles. The van der Waals surface area contributed by atoms with Gasteiger partial charge in [-0.2, -0.15) is 0 Å². The number of H-pyrrole nitrogens is 1. The van der Waals surface area contributed by atoms with Gasteiger partial charge in [0, 0.05) is 40.5 Å². The van der Waals surface area contributed by atoms with Gasteiger partial charge in [0.25, 0.3) is 5.91 Å². The molecule has 164 valence electrons. The zero-order valence-electron chi connectivity index (χ0n) is 17.9. The van der Waals surface area contributed by atoms with Crippen molar-refractivity contribution in [2.75, 3.05) is 6.54 Å². The number of carbonyl (C=O) groups excluding carboxylic acids is 1. The molecule has 0 aliphatic carbocycles. The van der Waals surface area contributed by atoms with Crippen LogP contribution in [0.2, 0.25) is 0 Å². The number of para-hydroxylation sites is 1. The number of nitrogens with one attached hydrogen (secondary N) is 2. The molecule has 1 atom stereocenters. The first-order chi connectivity index (χ1) is 16.3. The van der Waals surface area contributed by atoms with E-state index in [9.17, 15) is 4.79 Å². The van der Waals surface area contributed by atoms with E-state index in [0.717, 1.165) is 16.8 Å². The molecule has 0 radical (unpaired) electrons. The second kappa shape index (κ2) is 9.71. The number of carbonyl (C=O) groups is 1. The first-order valence-corrected chi connectivity index (χ1v) is 11.7. The molecule has 0 saturated carbocycles. The first-order valence-electron chi connectivity index (χ1n) is 10.8. The lowest BCUT2D eigenvalue weighted by Gasteiger charge is -2.18. The van der Waals surface area contributed by atoms with Crippen LogP contribution in [0.15, 0.2) is 96.0 Å². The van der Waals surface area contributed by atoms with E-state index in [0.29, 0.717) is 24.5 Å². The third-order valence-electron chi connectivity index (χ3n) is 5.65. The summed E-state index contributed by atoms with van der Waals surface area (Å²) in [7, 11) is 0. The van der Waals surface area contributed by atoms with Gasteiger partial charge in [-0.3, -0.25) is 4.79 Å². The largest absolute Gasteiger partial charge is 0.487 e. The smallest absolute Gasteiger partial charge is 0.251 e. The number of hydrogen-bond acceptors (Lipinski definition) is 4. The molecule has 5 nitrogen and oxygen atoms in total. The molecule has 2 N–H and O–H groups in total. The number of hydrogen-bond donors (Lipinski definition) is 2. The Labute approximate surface area is 196 Å². The summed E-state index contributed by atoms with van der Waals surface area (Å²) in [6.07, 6.45) is 2.04. The molecule has 2 aromatic heterocycles. The SMILES string of the molecule is O=C(NCC(c1ccccc1)c1c[nH]c2ccccc12)c1ccc(OCc2cscn2)cc1. The number of fused-ring (bicyclic) bond motifs is 1. The van der Waals surface area contributed by atoms with Gasteiger partial charge in [-0.05, 0) is 41.5 Å². The Morgan fingerprint density at radius 3 is 2.58 bits per heavy atom. The molecule has 1 amide bonds. The van der Waals surface area contributed by atoms with E-state index in [1.54, 1.807) is 29.0 Å². The second-order valence-electron chi connectivity index (χ2n) is 7.76. The van der Waals surface area contributed by atoms with Crippen molar-refractivity contribution >= 4 is 28.1 Å². The summed E-state index contributed by atoms with van der Waals surface area (Å²) < 4.78 is 5.74. The molecule has 0 aliphatic rings. The van der Waals surface area contributed by atoms with Gasteiger partial charge in [-0.15, -0.1) is 11.3 Å². The highest BCUT2D eigenvalue weighted by molar-refractivity contribution is 7.07. The molecule has 33 heavy (non-hydrogen) atoms. The Bertz CT molecular complexity index is 1330. The average molecular weight is 454 g/mol. The van der Waals surface area contributed by atoms with Gasteiger partial charge < -0.3 is 15.0 Å². The fourth-order valence-corrected chi connectivity index (χ4v) is 4.48. The fourth-order valence-electron chi connectivity index (χ4n) is 3.94. The first kappa shape index (κ1) is 21.0. The predicted octanol–water partition coefficient (Wildman–Crippen LogP) is 5.77. The molecule has 0 bridgehead atoms. The lowest BCUT2D eigenvalue weighted by molar-refractivity contribution is 0.0952. The molecular formula is C27H23N3O2S. The Balaban J connectivity index is 1.29. The number of aromatic nitrogens is 2. The Hall–Kier alpha value is -3.90. The van der Waals surface area contributed by atoms with Crippen molar-refractivity contribution in [3.05, 3.63) is 118 Å². The van der Waals surface area contributed by atoms with Crippen molar-refractivity contribution in [2.24, 2.45) is 0 Å². The minimum atomic E-state index is -0.109. The van der Waals surface area contributed by atoms with E-state index in [4.69, 9.17) is 4.74 Å². The van der Waals surface area contributed by atoms with Crippen LogP contribution < -0.4 is 10.1 Å². The third-order valence-corrected chi connectivity index (χ3v) is 6.29. The quantitative estimate of drug-likeness (QED) is 0.314. The number of benzene rings is 3. The van der Waals surface area contributed by atoms with Crippen molar-refractivity contribution in [2.45, 2.75) is 12.5 Å². The Morgan fingerprint density at radius 1 is 1.00 bits per heavy atom. The summed E-state index contributed by atoms with van der Waals surface area (Å²) in [5.74, 6) is 0.634. The van der Waals surface area contributed by atoms with Crippen LogP contribution in [0.1, 0.15) is 33.1 Å². The maximum absolute atomic E-state index is 12.9. The fraction of sp³-hybridized carbons (Fsp3) is 0.111. The summed E-state index contributed by atoms with van der Waals surface area (Å²) in [4.78, 5) is 20.5. The van der Waals surface area contributed by atoms with Crippen LogP contribution >= 0.6 is 11.3 Å². The number of amides is 1. The van der Waals surface area contributed by atoms with E-state index < -0.39 is 0 Å². The molecule has 5 aromatic rings. The Kier molecular flexibility index (Phi) is 6.17.